The summed E-state index contributed by atoms with van der Waals surface area (Å²) in [6.07, 6.45) is 6.59. The lowest BCUT2D eigenvalue weighted by molar-refractivity contribution is 0.0921. The fraction of sp³-hybridized carbons (Fsp3) is 0.261. The highest BCUT2D eigenvalue weighted by molar-refractivity contribution is 5.98. The van der Waals surface area contributed by atoms with Crippen molar-refractivity contribution in [2.75, 3.05) is 0 Å². The van der Waals surface area contributed by atoms with E-state index in [2.05, 4.69) is 29.9 Å². The number of amides is 1. The number of nitrogens with zero attached hydrogens (tertiary/aromatic N) is 6. The zero-order valence-corrected chi connectivity index (χ0v) is 17.8. The fourth-order valence-electron chi connectivity index (χ4n) is 4.04. The second-order valence-electron chi connectivity index (χ2n) is 7.96. The van der Waals surface area contributed by atoms with Crippen LogP contribution in [0.5, 0.6) is 0 Å². The van der Waals surface area contributed by atoms with Gasteiger partial charge in [0.05, 0.1) is 17.5 Å². The quantitative estimate of drug-likeness (QED) is 0.537. The second kappa shape index (κ2) is 7.99. The van der Waals surface area contributed by atoms with Gasteiger partial charge < -0.3 is 9.88 Å². The van der Waals surface area contributed by atoms with Crippen LogP contribution in [-0.4, -0.2) is 41.2 Å². The lowest BCUT2D eigenvalue weighted by atomic mass is 10.1. The normalized spacial score (nSPS) is 15.4. The Morgan fingerprint density at radius 3 is 2.94 bits per heavy atom. The molecule has 0 saturated carbocycles. The van der Waals surface area contributed by atoms with Crippen LogP contribution in [-0.2, 0) is 20.0 Å². The van der Waals surface area contributed by atoms with Crippen molar-refractivity contribution in [3.63, 3.8) is 0 Å². The maximum Gasteiger partial charge on any atom is 0.270 e. The van der Waals surface area contributed by atoms with Crippen LogP contribution in [0.15, 0.2) is 48.9 Å². The van der Waals surface area contributed by atoms with E-state index in [0.717, 1.165) is 35.7 Å². The minimum atomic E-state index is -0.289. The molecule has 8 nitrogen and oxygen atoms in total. The summed E-state index contributed by atoms with van der Waals surface area (Å²) >= 11 is 0. The van der Waals surface area contributed by atoms with Gasteiger partial charge >= 0.3 is 0 Å². The Hall–Kier alpha value is -3.88. The van der Waals surface area contributed by atoms with Crippen LogP contribution in [0.2, 0.25) is 0 Å². The zero-order chi connectivity index (χ0) is 22.2. The Kier molecular flexibility index (Phi) is 5.01. The number of carbonyl (C=O) groups is 1. The Bertz CT molecular complexity index is 1310. The SMILES string of the molecule is Cc1ccnc(-c2cnn(C)c2C(=O)NC2CCn3cc(-c4cccc(F)c4)nc3C2)n1. The monoisotopic (exact) mass is 431 g/mol. The average Bonchev–Trinajstić information content (AvgIpc) is 3.37. The van der Waals surface area contributed by atoms with Crippen LogP contribution in [0.25, 0.3) is 22.6 Å². The van der Waals surface area contributed by atoms with E-state index in [1.165, 1.54) is 12.1 Å². The third-order valence-corrected chi connectivity index (χ3v) is 5.65. The molecule has 5 rings (SSSR count). The first-order chi connectivity index (χ1) is 15.5. The smallest absolute Gasteiger partial charge is 0.270 e. The van der Waals surface area contributed by atoms with Crippen molar-refractivity contribution >= 4 is 5.91 Å². The number of hydrogen-bond donors (Lipinski definition) is 1. The highest BCUT2D eigenvalue weighted by Gasteiger charge is 2.26. The summed E-state index contributed by atoms with van der Waals surface area (Å²) in [6, 6.07) is 8.15. The molecule has 0 radical (unpaired) electrons. The molecule has 32 heavy (non-hydrogen) atoms. The number of hydrogen-bond acceptors (Lipinski definition) is 5. The Morgan fingerprint density at radius 1 is 1.25 bits per heavy atom. The van der Waals surface area contributed by atoms with Crippen molar-refractivity contribution in [3.05, 3.63) is 72.0 Å². The topological polar surface area (TPSA) is 90.5 Å². The minimum Gasteiger partial charge on any atom is -0.347 e. The molecular formula is C23H22FN7O. The molecule has 0 aliphatic carbocycles. The van der Waals surface area contributed by atoms with E-state index in [1.807, 2.05) is 25.3 Å². The van der Waals surface area contributed by atoms with E-state index in [-0.39, 0.29) is 17.8 Å². The number of imidazole rings is 1. The Balaban J connectivity index is 1.35. The number of aromatic nitrogens is 6. The van der Waals surface area contributed by atoms with Gasteiger partial charge in [0.15, 0.2) is 5.82 Å². The van der Waals surface area contributed by atoms with Gasteiger partial charge in [-0.15, -0.1) is 0 Å². The highest BCUT2D eigenvalue weighted by atomic mass is 19.1. The fourth-order valence-corrected chi connectivity index (χ4v) is 4.04. The van der Waals surface area contributed by atoms with E-state index >= 15 is 0 Å². The summed E-state index contributed by atoms with van der Waals surface area (Å²) in [4.78, 5) is 26.6. The maximum absolute atomic E-state index is 13.6. The molecule has 0 bridgehead atoms. The molecule has 1 aliphatic heterocycles. The standard InChI is InChI=1S/C23H22FN7O/c1-14-6-8-25-22(27-14)18-12-26-30(2)21(18)23(32)28-17-7-9-31-13-19(29-20(31)11-17)15-4-3-5-16(24)10-15/h3-6,8,10,12-13,17H,7,9,11H2,1-2H3,(H,28,32). The predicted octanol–water partition coefficient (Wildman–Crippen LogP) is 2.93. The molecule has 3 aromatic heterocycles. The van der Waals surface area contributed by atoms with Crippen molar-refractivity contribution < 1.29 is 9.18 Å². The summed E-state index contributed by atoms with van der Waals surface area (Å²) in [5.41, 5.74) is 3.31. The molecule has 4 aromatic rings. The van der Waals surface area contributed by atoms with E-state index in [9.17, 15) is 9.18 Å². The van der Waals surface area contributed by atoms with Crippen molar-refractivity contribution in [2.45, 2.75) is 32.4 Å². The molecule has 1 amide bonds. The van der Waals surface area contributed by atoms with Gasteiger partial charge in [0, 0.05) is 49.7 Å². The van der Waals surface area contributed by atoms with Crippen LogP contribution in [0.1, 0.15) is 28.4 Å². The van der Waals surface area contributed by atoms with Gasteiger partial charge in [0.1, 0.15) is 17.3 Å². The molecule has 1 aromatic carbocycles. The van der Waals surface area contributed by atoms with Gasteiger partial charge in [0.25, 0.3) is 5.91 Å². The highest BCUT2D eigenvalue weighted by Crippen LogP contribution is 2.24. The first kappa shape index (κ1) is 20.0. The number of nitrogens with one attached hydrogen (secondary N) is 1. The van der Waals surface area contributed by atoms with Gasteiger partial charge in [-0.1, -0.05) is 12.1 Å². The molecule has 162 valence electrons. The van der Waals surface area contributed by atoms with Crippen molar-refractivity contribution in [1.82, 2.24) is 34.6 Å². The van der Waals surface area contributed by atoms with E-state index < -0.39 is 0 Å². The lowest BCUT2D eigenvalue weighted by Crippen LogP contribution is -2.41. The van der Waals surface area contributed by atoms with E-state index in [0.29, 0.717) is 23.5 Å². The summed E-state index contributed by atoms with van der Waals surface area (Å²) in [6.45, 7) is 2.60. The Morgan fingerprint density at radius 2 is 2.12 bits per heavy atom. The van der Waals surface area contributed by atoms with Crippen LogP contribution in [0, 0.1) is 12.7 Å². The molecule has 1 unspecified atom stereocenters. The van der Waals surface area contributed by atoms with Gasteiger partial charge in [0.2, 0.25) is 0 Å². The number of rotatable bonds is 4. The molecule has 1 atom stereocenters. The maximum atomic E-state index is 13.6. The third-order valence-electron chi connectivity index (χ3n) is 5.65. The van der Waals surface area contributed by atoms with Crippen LogP contribution in [0.3, 0.4) is 0 Å². The van der Waals surface area contributed by atoms with Crippen LogP contribution >= 0.6 is 0 Å². The lowest BCUT2D eigenvalue weighted by Gasteiger charge is -2.24. The van der Waals surface area contributed by atoms with E-state index in [4.69, 9.17) is 0 Å². The minimum absolute atomic E-state index is 0.0704. The number of benzene rings is 1. The van der Waals surface area contributed by atoms with Gasteiger partial charge in [-0.3, -0.25) is 9.48 Å². The summed E-state index contributed by atoms with van der Waals surface area (Å²) in [7, 11) is 1.73. The average molecular weight is 431 g/mol. The third kappa shape index (κ3) is 3.77. The molecule has 1 aliphatic rings. The van der Waals surface area contributed by atoms with Crippen LogP contribution in [0.4, 0.5) is 4.39 Å². The Labute approximate surface area is 184 Å². The van der Waals surface area contributed by atoms with Crippen molar-refractivity contribution in [1.29, 1.82) is 0 Å². The van der Waals surface area contributed by atoms with Gasteiger partial charge in [-0.05, 0) is 31.5 Å². The molecular weight excluding hydrogens is 409 g/mol. The largest absolute Gasteiger partial charge is 0.347 e. The zero-order valence-electron chi connectivity index (χ0n) is 17.8. The van der Waals surface area contributed by atoms with Gasteiger partial charge in [-0.2, -0.15) is 5.10 Å². The van der Waals surface area contributed by atoms with E-state index in [1.54, 1.807) is 30.2 Å². The first-order valence-corrected chi connectivity index (χ1v) is 10.4. The molecule has 1 N–H and O–H groups in total. The summed E-state index contributed by atoms with van der Waals surface area (Å²) < 4.78 is 17.2. The molecule has 0 saturated heterocycles. The number of aryl methyl sites for hydroxylation is 3. The van der Waals surface area contributed by atoms with Crippen molar-refractivity contribution in [2.24, 2.45) is 7.05 Å². The molecule has 4 heterocycles. The first-order valence-electron chi connectivity index (χ1n) is 10.4. The molecule has 9 heteroatoms. The molecule has 0 spiro atoms. The van der Waals surface area contributed by atoms with Crippen LogP contribution < -0.4 is 5.32 Å². The van der Waals surface area contributed by atoms with Gasteiger partial charge in [-0.25, -0.2) is 19.3 Å². The second-order valence-corrected chi connectivity index (χ2v) is 7.96. The summed E-state index contributed by atoms with van der Waals surface area (Å²) in [5.74, 6) is 0.832. The number of halogens is 1. The predicted molar refractivity (Wildman–Crippen MR) is 116 cm³/mol. The molecule has 0 fully saturated rings. The summed E-state index contributed by atoms with van der Waals surface area (Å²) in [5, 5.41) is 7.36. The number of carbonyl (C=O) groups excluding carboxylic acids is 1. The van der Waals surface area contributed by atoms with Crippen molar-refractivity contribution in [3.8, 4) is 22.6 Å². The number of fused-ring (bicyclic) bond motifs is 1.